The average molecular weight is 219 g/mol. The van der Waals surface area contributed by atoms with Crippen molar-refractivity contribution < 1.29 is 4.79 Å². The van der Waals surface area contributed by atoms with Crippen LogP contribution in [0.5, 0.6) is 0 Å². The molecule has 6 heteroatoms. The molecule has 0 atom stereocenters. The van der Waals surface area contributed by atoms with E-state index in [1.54, 1.807) is 24.3 Å². The van der Waals surface area contributed by atoms with Gasteiger partial charge in [0.05, 0.1) is 6.21 Å². The van der Waals surface area contributed by atoms with Gasteiger partial charge in [0.2, 0.25) is 11.9 Å². The number of rotatable bonds is 3. The van der Waals surface area contributed by atoms with Crippen molar-refractivity contribution in [1.82, 2.24) is 5.43 Å². The Morgan fingerprint density at radius 3 is 2.56 bits per heavy atom. The minimum absolute atomic E-state index is 0.111. The van der Waals surface area contributed by atoms with Crippen LogP contribution >= 0.6 is 0 Å². The summed E-state index contributed by atoms with van der Waals surface area (Å²) in [5, 5.41) is 13.2. The highest BCUT2D eigenvalue weighted by Gasteiger charge is 1.94. The summed E-state index contributed by atoms with van der Waals surface area (Å²) in [4.78, 5) is 10.8. The second kappa shape index (κ2) is 5.50. The van der Waals surface area contributed by atoms with Crippen LogP contribution in [-0.2, 0) is 4.79 Å². The van der Waals surface area contributed by atoms with E-state index in [0.717, 1.165) is 11.3 Å². The zero-order valence-electron chi connectivity index (χ0n) is 8.82. The van der Waals surface area contributed by atoms with E-state index in [4.69, 9.17) is 11.1 Å². The summed E-state index contributed by atoms with van der Waals surface area (Å²) in [6.07, 6.45) is 1.53. The molecule has 0 aromatic heterocycles. The van der Waals surface area contributed by atoms with Crippen molar-refractivity contribution in [3.05, 3.63) is 29.8 Å². The van der Waals surface area contributed by atoms with E-state index in [0.29, 0.717) is 0 Å². The molecule has 84 valence electrons. The minimum Gasteiger partial charge on any atom is -0.369 e. The van der Waals surface area contributed by atoms with Crippen LogP contribution in [0.3, 0.4) is 0 Å². The molecule has 0 spiro atoms. The molecule has 0 bridgehead atoms. The molecule has 1 rings (SSSR count). The highest BCUT2D eigenvalue weighted by molar-refractivity contribution is 5.89. The number of guanidine groups is 1. The lowest BCUT2D eigenvalue weighted by atomic mass is 10.2. The number of carbonyl (C=O) groups excluding carboxylic acids is 1. The highest BCUT2D eigenvalue weighted by atomic mass is 16.1. The molecular weight excluding hydrogens is 206 g/mol. The Morgan fingerprint density at radius 1 is 1.44 bits per heavy atom. The largest absolute Gasteiger partial charge is 0.369 e. The number of hydrazone groups is 1. The number of benzene rings is 1. The number of amides is 1. The molecule has 1 aromatic rings. The number of hydrogen-bond donors (Lipinski definition) is 4. The first kappa shape index (κ1) is 11.7. The van der Waals surface area contributed by atoms with Gasteiger partial charge in [0.15, 0.2) is 0 Å². The molecule has 1 amide bonds. The van der Waals surface area contributed by atoms with Crippen LogP contribution in [0.2, 0.25) is 0 Å². The first-order chi connectivity index (χ1) is 7.58. The third kappa shape index (κ3) is 4.23. The Labute approximate surface area is 93.0 Å². The predicted octanol–water partition coefficient (Wildman–Crippen LogP) is 0.462. The van der Waals surface area contributed by atoms with Crippen LogP contribution in [0.25, 0.3) is 0 Å². The van der Waals surface area contributed by atoms with E-state index < -0.39 is 0 Å². The van der Waals surface area contributed by atoms with E-state index in [1.807, 2.05) is 0 Å². The molecule has 1 aromatic carbocycles. The standard InChI is InChI=1S/C10H13N5O/c1-7(16)14-9-4-2-8(3-5-9)6-13-15-10(11)12/h2-6H,1H3,(H,14,16)(H4,11,12,15). The fourth-order valence-electron chi connectivity index (χ4n) is 1.03. The Hall–Kier alpha value is -2.37. The van der Waals surface area contributed by atoms with Gasteiger partial charge in [-0.1, -0.05) is 12.1 Å². The summed E-state index contributed by atoms with van der Waals surface area (Å²) in [6.45, 7) is 1.45. The van der Waals surface area contributed by atoms with Gasteiger partial charge in [-0.2, -0.15) is 5.10 Å². The monoisotopic (exact) mass is 219 g/mol. The third-order valence-electron chi connectivity index (χ3n) is 1.63. The summed E-state index contributed by atoms with van der Waals surface area (Å²) < 4.78 is 0. The third-order valence-corrected chi connectivity index (χ3v) is 1.63. The van der Waals surface area contributed by atoms with Gasteiger partial charge < -0.3 is 11.1 Å². The molecule has 0 radical (unpaired) electrons. The number of nitrogens with one attached hydrogen (secondary N) is 3. The second-order valence-electron chi connectivity index (χ2n) is 3.09. The lowest BCUT2D eigenvalue weighted by Crippen LogP contribution is -2.25. The maximum absolute atomic E-state index is 10.8. The molecular formula is C10H13N5O. The van der Waals surface area contributed by atoms with Crippen LogP contribution in [0.1, 0.15) is 12.5 Å². The van der Waals surface area contributed by atoms with Gasteiger partial charge >= 0.3 is 0 Å². The van der Waals surface area contributed by atoms with E-state index in [9.17, 15) is 4.79 Å². The fourth-order valence-corrected chi connectivity index (χ4v) is 1.03. The van der Waals surface area contributed by atoms with Crippen LogP contribution in [0.15, 0.2) is 29.4 Å². The van der Waals surface area contributed by atoms with Crippen LogP contribution in [0.4, 0.5) is 5.69 Å². The highest BCUT2D eigenvalue weighted by Crippen LogP contribution is 2.07. The lowest BCUT2D eigenvalue weighted by Gasteiger charge is -2.01. The maximum Gasteiger partial charge on any atom is 0.221 e. The molecule has 0 aliphatic carbocycles. The van der Waals surface area contributed by atoms with Crippen LogP contribution < -0.4 is 16.5 Å². The quantitative estimate of drug-likeness (QED) is 0.337. The minimum atomic E-state index is -0.217. The Kier molecular flexibility index (Phi) is 4.02. The van der Waals surface area contributed by atoms with Crippen molar-refractivity contribution >= 4 is 23.8 Å². The smallest absolute Gasteiger partial charge is 0.221 e. The fraction of sp³-hybridized carbons (Fsp3) is 0.100. The van der Waals surface area contributed by atoms with Gasteiger partial charge in [-0.15, -0.1) is 0 Å². The number of hydrogen-bond acceptors (Lipinski definition) is 3. The Morgan fingerprint density at radius 2 is 2.06 bits per heavy atom. The Balaban J connectivity index is 2.60. The second-order valence-corrected chi connectivity index (χ2v) is 3.09. The van der Waals surface area contributed by atoms with Gasteiger partial charge in [-0.25, -0.2) is 5.43 Å². The zero-order valence-corrected chi connectivity index (χ0v) is 8.82. The summed E-state index contributed by atoms with van der Waals surface area (Å²) >= 11 is 0. The topological polar surface area (TPSA) is 103 Å². The summed E-state index contributed by atoms with van der Waals surface area (Å²) in [6, 6.07) is 7.10. The van der Waals surface area contributed by atoms with Crippen LogP contribution in [0, 0.1) is 5.41 Å². The van der Waals surface area contributed by atoms with Crippen molar-refractivity contribution in [3.63, 3.8) is 0 Å². The average Bonchev–Trinajstić information content (AvgIpc) is 2.19. The molecule has 6 nitrogen and oxygen atoms in total. The van der Waals surface area contributed by atoms with Gasteiger partial charge in [-0.05, 0) is 17.7 Å². The predicted molar refractivity (Wildman–Crippen MR) is 63.4 cm³/mol. The normalized spacial score (nSPS) is 10.1. The van der Waals surface area contributed by atoms with Gasteiger partial charge in [0.1, 0.15) is 0 Å². The van der Waals surface area contributed by atoms with E-state index in [1.165, 1.54) is 13.1 Å². The Bertz CT molecular complexity index is 410. The summed E-state index contributed by atoms with van der Waals surface area (Å²) in [7, 11) is 0. The van der Waals surface area contributed by atoms with Crippen molar-refractivity contribution in [1.29, 1.82) is 5.41 Å². The molecule has 0 saturated carbocycles. The maximum atomic E-state index is 10.8. The van der Waals surface area contributed by atoms with Gasteiger partial charge in [0.25, 0.3) is 0 Å². The number of nitrogens with zero attached hydrogens (tertiary/aromatic N) is 1. The molecule has 5 N–H and O–H groups in total. The SMILES string of the molecule is CC(=O)Nc1ccc(C=NNC(=N)N)cc1. The van der Waals surface area contributed by atoms with Crippen molar-refractivity contribution in [2.75, 3.05) is 5.32 Å². The number of anilines is 1. The van der Waals surface area contributed by atoms with E-state index >= 15 is 0 Å². The van der Waals surface area contributed by atoms with Gasteiger partial charge in [-0.3, -0.25) is 10.2 Å². The molecule has 0 unspecified atom stereocenters. The van der Waals surface area contributed by atoms with Gasteiger partial charge in [0, 0.05) is 12.6 Å². The van der Waals surface area contributed by atoms with Crippen LogP contribution in [-0.4, -0.2) is 18.1 Å². The summed E-state index contributed by atoms with van der Waals surface area (Å²) in [5.74, 6) is -0.328. The first-order valence-corrected chi connectivity index (χ1v) is 4.58. The number of nitrogens with two attached hydrogens (primary N) is 1. The lowest BCUT2D eigenvalue weighted by molar-refractivity contribution is -0.114. The van der Waals surface area contributed by atoms with Crippen molar-refractivity contribution in [3.8, 4) is 0 Å². The van der Waals surface area contributed by atoms with E-state index in [-0.39, 0.29) is 11.9 Å². The molecule has 0 fully saturated rings. The summed E-state index contributed by atoms with van der Waals surface area (Å²) in [5.41, 5.74) is 8.91. The van der Waals surface area contributed by atoms with Crippen molar-refractivity contribution in [2.45, 2.75) is 6.92 Å². The molecule has 0 aliphatic rings. The van der Waals surface area contributed by atoms with Crippen molar-refractivity contribution in [2.24, 2.45) is 10.8 Å². The number of carbonyl (C=O) groups is 1. The molecule has 0 saturated heterocycles. The first-order valence-electron chi connectivity index (χ1n) is 4.58. The zero-order chi connectivity index (χ0) is 12.0. The van der Waals surface area contributed by atoms with E-state index in [2.05, 4.69) is 15.8 Å². The molecule has 0 aliphatic heterocycles. The molecule has 16 heavy (non-hydrogen) atoms. The molecule has 0 heterocycles.